The van der Waals surface area contributed by atoms with Gasteiger partial charge in [0.15, 0.2) is 0 Å². The second-order valence-corrected chi connectivity index (χ2v) is 6.46. The van der Waals surface area contributed by atoms with E-state index in [1.165, 1.54) is 31.4 Å². The quantitative estimate of drug-likeness (QED) is 0.869. The van der Waals surface area contributed by atoms with Gasteiger partial charge >= 0.3 is 0 Å². The largest absolute Gasteiger partial charge is 0.374 e. The molecule has 1 aromatic carbocycles. The second kappa shape index (κ2) is 7.01. The average Bonchev–Trinajstić information content (AvgIpc) is 2.43. The molecule has 0 radical (unpaired) electrons. The van der Waals surface area contributed by atoms with Gasteiger partial charge in [-0.05, 0) is 43.9 Å². The number of rotatable bonds is 5. The highest BCUT2D eigenvalue weighted by molar-refractivity contribution is 9.10. The molecule has 0 aliphatic heterocycles. The van der Waals surface area contributed by atoms with Crippen molar-refractivity contribution in [3.8, 4) is 0 Å². The van der Waals surface area contributed by atoms with Crippen LogP contribution in [-0.4, -0.2) is 18.2 Å². The molecule has 2 rings (SSSR count). The van der Waals surface area contributed by atoms with E-state index in [9.17, 15) is 4.39 Å². The summed E-state index contributed by atoms with van der Waals surface area (Å²) in [6, 6.07) is 4.74. The van der Waals surface area contributed by atoms with Crippen LogP contribution in [0.15, 0.2) is 22.7 Å². The van der Waals surface area contributed by atoms with Gasteiger partial charge in [0, 0.05) is 17.1 Å². The molecule has 0 saturated heterocycles. The Hall–Kier alpha value is -0.450. The molecule has 1 unspecified atom stereocenters. The Kier molecular flexibility index (Phi) is 5.58. The number of nitrogens with two attached hydrogens (primary N) is 1. The van der Waals surface area contributed by atoms with Crippen LogP contribution in [0.2, 0.25) is 0 Å². The van der Waals surface area contributed by atoms with E-state index in [4.69, 9.17) is 10.5 Å². The Morgan fingerprint density at radius 3 is 2.65 bits per heavy atom. The molecule has 20 heavy (non-hydrogen) atoms. The zero-order valence-corrected chi connectivity index (χ0v) is 13.6. The van der Waals surface area contributed by atoms with Crippen molar-refractivity contribution in [2.24, 2.45) is 5.73 Å². The number of benzene rings is 1. The van der Waals surface area contributed by atoms with Crippen LogP contribution in [0.25, 0.3) is 0 Å². The van der Waals surface area contributed by atoms with Gasteiger partial charge in [-0.2, -0.15) is 0 Å². The Morgan fingerprint density at radius 2 is 2.05 bits per heavy atom. The molecule has 1 aliphatic rings. The van der Waals surface area contributed by atoms with Crippen LogP contribution in [-0.2, 0) is 11.2 Å². The van der Waals surface area contributed by atoms with E-state index in [1.54, 1.807) is 0 Å². The highest BCUT2D eigenvalue weighted by Gasteiger charge is 2.38. The maximum atomic E-state index is 13.1. The normalized spacial score (nSPS) is 19.8. The van der Waals surface area contributed by atoms with E-state index >= 15 is 0 Å². The third-order valence-electron chi connectivity index (χ3n) is 4.26. The molecule has 2 nitrogen and oxygen atoms in total. The summed E-state index contributed by atoms with van der Waals surface area (Å²) >= 11 is 3.42. The molecule has 1 atom stereocenters. The molecule has 0 heterocycles. The van der Waals surface area contributed by atoms with Gasteiger partial charge in [0.1, 0.15) is 5.82 Å². The Bertz CT molecular complexity index is 441. The minimum absolute atomic E-state index is 0.0514. The summed E-state index contributed by atoms with van der Waals surface area (Å²) in [5, 5.41) is 0. The van der Waals surface area contributed by atoms with Crippen LogP contribution in [0.4, 0.5) is 4.39 Å². The molecular weight excluding hydrogens is 321 g/mol. The van der Waals surface area contributed by atoms with E-state index < -0.39 is 0 Å². The molecule has 1 saturated carbocycles. The van der Waals surface area contributed by atoms with Crippen molar-refractivity contribution in [2.45, 2.75) is 57.1 Å². The van der Waals surface area contributed by atoms with Gasteiger partial charge in [-0.3, -0.25) is 0 Å². The monoisotopic (exact) mass is 343 g/mol. The highest BCUT2D eigenvalue weighted by Crippen LogP contribution is 2.35. The SMILES string of the molecule is CCOC1(C(N)Cc2ccc(F)cc2Br)CCCCC1. The summed E-state index contributed by atoms with van der Waals surface area (Å²) in [5.41, 5.74) is 7.31. The third-order valence-corrected chi connectivity index (χ3v) is 5.00. The summed E-state index contributed by atoms with van der Waals surface area (Å²) in [4.78, 5) is 0. The van der Waals surface area contributed by atoms with Gasteiger partial charge in [0.2, 0.25) is 0 Å². The second-order valence-electron chi connectivity index (χ2n) is 5.60. The Labute approximate surface area is 129 Å². The summed E-state index contributed by atoms with van der Waals surface area (Å²) in [7, 11) is 0. The van der Waals surface area contributed by atoms with E-state index in [0.717, 1.165) is 22.9 Å². The first-order chi connectivity index (χ1) is 9.57. The van der Waals surface area contributed by atoms with Crippen molar-refractivity contribution in [3.05, 3.63) is 34.1 Å². The summed E-state index contributed by atoms with van der Waals surface area (Å²) in [6.45, 7) is 2.72. The first-order valence-corrected chi connectivity index (χ1v) is 8.20. The fourth-order valence-electron chi connectivity index (χ4n) is 3.17. The van der Waals surface area contributed by atoms with E-state index in [0.29, 0.717) is 13.0 Å². The smallest absolute Gasteiger partial charge is 0.124 e. The predicted molar refractivity (Wildman–Crippen MR) is 83.2 cm³/mol. The Morgan fingerprint density at radius 1 is 1.35 bits per heavy atom. The molecule has 0 spiro atoms. The lowest BCUT2D eigenvalue weighted by Crippen LogP contribution is -2.52. The zero-order valence-electron chi connectivity index (χ0n) is 12.0. The lowest BCUT2D eigenvalue weighted by molar-refractivity contribution is -0.0817. The molecule has 0 amide bonds. The van der Waals surface area contributed by atoms with Crippen LogP contribution in [0.5, 0.6) is 0 Å². The number of hydrogen-bond donors (Lipinski definition) is 1. The van der Waals surface area contributed by atoms with Crippen molar-refractivity contribution >= 4 is 15.9 Å². The van der Waals surface area contributed by atoms with Crippen LogP contribution < -0.4 is 5.73 Å². The standard InChI is InChI=1S/C16H23BrFNO/c1-2-20-16(8-4-3-5-9-16)15(19)10-12-6-7-13(18)11-14(12)17/h6-7,11,15H,2-5,8-10,19H2,1H3. The van der Waals surface area contributed by atoms with Crippen LogP contribution >= 0.6 is 15.9 Å². The number of halogens is 2. The van der Waals surface area contributed by atoms with Crippen LogP contribution in [0.1, 0.15) is 44.6 Å². The molecule has 1 aromatic rings. The van der Waals surface area contributed by atoms with E-state index in [-0.39, 0.29) is 17.5 Å². The molecule has 4 heteroatoms. The van der Waals surface area contributed by atoms with Crippen LogP contribution in [0, 0.1) is 5.82 Å². The molecule has 1 aliphatic carbocycles. The van der Waals surface area contributed by atoms with Gasteiger partial charge in [0.25, 0.3) is 0 Å². The zero-order chi connectivity index (χ0) is 14.6. The maximum Gasteiger partial charge on any atom is 0.124 e. The van der Waals surface area contributed by atoms with Gasteiger partial charge in [0.05, 0.1) is 5.60 Å². The molecule has 1 fully saturated rings. The molecular formula is C16H23BrFNO. The van der Waals surface area contributed by atoms with Crippen LogP contribution in [0.3, 0.4) is 0 Å². The summed E-state index contributed by atoms with van der Waals surface area (Å²) < 4.78 is 20.0. The van der Waals surface area contributed by atoms with Crippen molar-refractivity contribution < 1.29 is 9.13 Å². The van der Waals surface area contributed by atoms with Crippen molar-refractivity contribution in [1.29, 1.82) is 0 Å². The van der Waals surface area contributed by atoms with Crippen molar-refractivity contribution in [1.82, 2.24) is 0 Å². The number of hydrogen-bond acceptors (Lipinski definition) is 2. The van der Waals surface area contributed by atoms with Gasteiger partial charge in [-0.25, -0.2) is 4.39 Å². The fourth-order valence-corrected chi connectivity index (χ4v) is 3.68. The minimum Gasteiger partial charge on any atom is -0.374 e. The van der Waals surface area contributed by atoms with E-state index in [2.05, 4.69) is 15.9 Å². The van der Waals surface area contributed by atoms with Crippen molar-refractivity contribution in [2.75, 3.05) is 6.61 Å². The maximum absolute atomic E-state index is 13.1. The van der Waals surface area contributed by atoms with Crippen molar-refractivity contribution in [3.63, 3.8) is 0 Å². The minimum atomic E-state index is -0.230. The van der Waals surface area contributed by atoms with E-state index in [1.807, 2.05) is 13.0 Å². The third kappa shape index (κ3) is 3.60. The highest BCUT2D eigenvalue weighted by atomic mass is 79.9. The fraction of sp³-hybridized carbons (Fsp3) is 0.625. The van der Waals surface area contributed by atoms with Gasteiger partial charge in [-0.1, -0.05) is 41.3 Å². The lowest BCUT2D eigenvalue weighted by atomic mass is 9.77. The van der Waals surface area contributed by atoms with Gasteiger partial charge < -0.3 is 10.5 Å². The summed E-state index contributed by atoms with van der Waals surface area (Å²) in [6.07, 6.45) is 6.39. The first-order valence-electron chi connectivity index (χ1n) is 7.41. The Balaban J connectivity index is 2.13. The lowest BCUT2D eigenvalue weighted by Gasteiger charge is -2.42. The summed E-state index contributed by atoms with van der Waals surface area (Å²) in [5.74, 6) is -0.230. The molecule has 2 N–H and O–H groups in total. The van der Waals surface area contributed by atoms with Gasteiger partial charge in [-0.15, -0.1) is 0 Å². The molecule has 0 aromatic heterocycles. The molecule has 112 valence electrons. The number of ether oxygens (including phenoxy) is 1. The predicted octanol–water partition coefficient (Wildman–Crippen LogP) is 4.20. The first kappa shape index (κ1) is 15.9. The average molecular weight is 344 g/mol. The topological polar surface area (TPSA) is 35.2 Å². The molecule has 0 bridgehead atoms.